The lowest BCUT2D eigenvalue weighted by atomic mass is 9.96. The van der Waals surface area contributed by atoms with Crippen LogP contribution in [0.5, 0.6) is 0 Å². The summed E-state index contributed by atoms with van der Waals surface area (Å²) in [6.07, 6.45) is 0.962. The van der Waals surface area contributed by atoms with E-state index in [4.69, 9.17) is 0 Å². The van der Waals surface area contributed by atoms with Gasteiger partial charge in [0.15, 0.2) is 5.13 Å². The minimum atomic E-state index is -3.64. The lowest BCUT2D eigenvalue weighted by molar-refractivity contribution is -0.122. The number of rotatable bonds is 5. The van der Waals surface area contributed by atoms with Crippen molar-refractivity contribution < 1.29 is 13.2 Å². The molecule has 2 aromatic carbocycles. The first-order valence-electron chi connectivity index (χ1n) is 11.5. The Morgan fingerprint density at radius 1 is 1.00 bits per heavy atom. The van der Waals surface area contributed by atoms with Crippen LogP contribution in [0.2, 0.25) is 0 Å². The Balaban J connectivity index is 1.57. The summed E-state index contributed by atoms with van der Waals surface area (Å²) in [6.45, 7) is 10.2. The van der Waals surface area contributed by atoms with E-state index in [1.807, 2.05) is 76.4 Å². The van der Waals surface area contributed by atoms with Gasteiger partial charge in [0.2, 0.25) is 15.9 Å². The van der Waals surface area contributed by atoms with Gasteiger partial charge in [-0.25, -0.2) is 13.4 Å². The first-order valence-corrected chi connectivity index (χ1v) is 13.8. The summed E-state index contributed by atoms with van der Waals surface area (Å²) in [7, 11) is -3.64. The van der Waals surface area contributed by atoms with Crippen molar-refractivity contribution in [2.75, 3.05) is 18.0 Å². The quantitative estimate of drug-likeness (QED) is 0.470. The Morgan fingerprint density at radius 2 is 1.59 bits per heavy atom. The van der Waals surface area contributed by atoms with Gasteiger partial charge < -0.3 is 0 Å². The number of piperidine rings is 1. The van der Waals surface area contributed by atoms with E-state index in [0.717, 1.165) is 33.6 Å². The number of hydrogen-bond donors (Lipinski definition) is 0. The van der Waals surface area contributed by atoms with Gasteiger partial charge in [-0.05, 0) is 81.8 Å². The van der Waals surface area contributed by atoms with Crippen LogP contribution < -0.4 is 4.90 Å². The highest BCUT2D eigenvalue weighted by molar-refractivity contribution is 7.89. The Bertz CT molecular complexity index is 1280. The number of hydrogen-bond acceptors (Lipinski definition) is 5. The van der Waals surface area contributed by atoms with Crippen LogP contribution >= 0.6 is 11.3 Å². The van der Waals surface area contributed by atoms with Gasteiger partial charge in [-0.2, -0.15) is 4.31 Å². The highest BCUT2D eigenvalue weighted by atomic mass is 32.2. The number of benzene rings is 2. The number of carbonyl (C=O) groups is 1. The van der Waals surface area contributed by atoms with Crippen LogP contribution in [0.4, 0.5) is 10.8 Å². The average Bonchev–Trinajstić information content (AvgIpc) is 3.24. The highest BCUT2D eigenvalue weighted by Gasteiger charge is 2.36. The molecule has 1 fully saturated rings. The molecule has 0 spiro atoms. The summed E-state index contributed by atoms with van der Waals surface area (Å²) in [6, 6.07) is 11.6. The maximum absolute atomic E-state index is 13.7. The van der Waals surface area contributed by atoms with Crippen molar-refractivity contribution in [3.63, 3.8) is 0 Å². The number of sulfonamides is 1. The Labute approximate surface area is 206 Å². The normalized spacial score (nSPS) is 15.4. The van der Waals surface area contributed by atoms with E-state index in [-0.39, 0.29) is 11.8 Å². The largest absolute Gasteiger partial charge is 0.274 e. The Kier molecular flexibility index (Phi) is 6.94. The van der Waals surface area contributed by atoms with Crippen LogP contribution in [0.25, 0.3) is 0 Å². The molecule has 0 unspecified atom stereocenters. The zero-order valence-corrected chi connectivity index (χ0v) is 22.0. The zero-order chi connectivity index (χ0) is 24.6. The summed E-state index contributed by atoms with van der Waals surface area (Å²) < 4.78 is 28.8. The zero-order valence-electron chi connectivity index (χ0n) is 20.3. The number of amides is 1. The third kappa shape index (κ3) is 4.54. The molecular formula is C26H31N3O3S2. The Hall–Kier alpha value is -2.55. The van der Waals surface area contributed by atoms with E-state index >= 15 is 0 Å². The topological polar surface area (TPSA) is 70.6 Å². The number of nitrogens with zero attached hydrogens (tertiary/aromatic N) is 3. The number of thiazole rings is 1. The second-order valence-corrected chi connectivity index (χ2v) is 11.8. The molecule has 0 bridgehead atoms. The van der Waals surface area contributed by atoms with E-state index in [9.17, 15) is 13.2 Å². The van der Waals surface area contributed by atoms with Crippen LogP contribution in [-0.2, 0) is 14.8 Å². The number of anilines is 2. The van der Waals surface area contributed by atoms with Crippen LogP contribution in [0.15, 0.2) is 46.7 Å². The molecule has 0 radical (unpaired) electrons. The van der Waals surface area contributed by atoms with E-state index < -0.39 is 10.0 Å². The molecule has 0 aliphatic carbocycles. The molecule has 1 aromatic heterocycles. The first kappa shape index (κ1) is 24.6. The third-order valence-electron chi connectivity index (χ3n) is 6.73. The Morgan fingerprint density at radius 3 is 2.12 bits per heavy atom. The van der Waals surface area contributed by atoms with E-state index in [0.29, 0.717) is 36.0 Å². The molecule has 4 rings (SSSR count). The fourth-order valence-corrected chi connectivity index (χ4v) is 7.45. The van der Waals surface area contributed by atoms with Gasteiger partial charge in [-0.15, -0.1) is 11.3 Å². The maximum Gasteiger partial charge on any atom is 0.243 e. The highest BCUT2D eigenvalue weighted by Crippen LogP contribution is 2.35. The summed E-state index contributed by atoms with van der Waals surface area (Å²) in [5, 5.41) is 2.58. The molecule has 34 heavy (non-hydrogen) atoms. The van der Waals surface area contributed by atoms with Gasteiger partial charge >= 0.3 is 0 Å². The summed E-state index contributed by atoms with van der Waals surface area (Å²) in [4.78, 5) is 20.3. The van der Waals surface area contributed by atoms with Crippen molar-refractivity contribution in [3.05, 3.63) is 69.7 Å². The third-order valence-corrected chi connectivity index (χ3v) is 9.85. The lowest BCUT2D eigenvalue weighted by Gasteiger charge is -2.33. The number of aryl methyl sites for hydroxylation is 3. The predicted octanol–water partition coefficient (Wildman–Crippen LogP) is 5.45. The van der Waals surface area contributed by atoms with Gasteiger partial charge in [-0.1, -0.05) is 24.3 Å². The molecule has 2 heterocycles. The van der Waals surface area contributed by atoms with Gasteiger partial charge in [0.1, 0.15) is 0 Å². The average molecular weight is 498 g/mol. The van der Waals surface area contributed by atoms with Gasteiger partial charge in [0, 0.05) is 24.4 Å². The van der Waals surface area contributed by atoms with E-state index in [2.05, 4.69) is 4.98 Å². The maximum atomic E-state index is 13.7. The molecule has 1 aliphatic heterocycles. The SMILES string of the molecule is Cc1csc(N(C(=O)C2CCN(S(=O)(=O)c3c(C)c(C)cc(C)c3C)CC2)c2ccccc2)n1. The van der Waals surface area contributed by atoms with Crippen molar-refractivity contribution in [1.29, 1.82) is 0 Å². The van der Waals surface area contributed by atoms with Crippen molar-refractivity contribution in [2.45, 2.75) is 52.4 Å². The summed E-state index contributed by atoms with van der Waals surface area (Å²) in [5.74, 6) is -0.298. The van der Waals surface area contributed by atoms with Gasteiger partial charge in [-0.3, -0.25) is 9.69 Å². The molecule has 6 nitrogen and oxygen atoms in total. The molecule has 0 N–H and O–H groups in total. The van der Waals surface area contributed by atoms with Gasteiger partial charge in [0.05, 0.1) is 16.3 Å². The van der Waals surface area contributed by atoms with Crippen LogP contribution in [0, 0.1) is 40.5 Å². The van der Waals surface area contributed by atoms with Crippen molar-refractivity contribution in [3.8, 4) is 0 Å². The van der Waals surface area contributed by atoms with Crippen LogP contribution in [0.1, 0.15) is 40.8 Å². The second-order valence-electron chi connectivity index (χ2n) is 9.05. The first-order chi connectivity index (χ1) is 16.1. The van der Waals surface area contributed by atoms with Crippen LogP contribution in [-0.4, -0.2) is 36.7 Å². The monoisotopic (exact) mass is 497 g/mol. The molecular weight excluding hydrogens is 466 g/mol. The van der Waals surface area contributed by atoms with Crippen molar-refractivity contribution >= 4 is 38.1 Å². The number of para-hydroxylation sites is 1. The predicted molar refractivity (Wildman–Crippen MR) is 137 cm³/mol. The van der Waals surface area contributed by atoms with Crippen molar-refractivity contribution in [1.82, 2.24) is 9.29 Å². The fraction of sp³-hybridized carbons (Fsp3) is 0.385. The standard InChI is InChI=1S/C26H31N3O3S2/c1-17-15-18(2)21(5)24(20(17)4)34(31,32)28-13-11-22(12-14-28)25(30)29(23-9-7-6-8-10-23)26-27-19(3)16-33-26/h6-10,15-16,22H,11-14H2,1-5H3. The molecule has 3 aromatic rings. The van der Waals surface area contributed by atoms with E-state index in [1.165, 1.54) is 11.3 Å². The number of aromatic nitrogens is 1. The molecule has 8 heteroatoms. The molecule has 1 amide bonds. The molecule has 1 aliphatic rings. The lowest BCUT2D eigenvalue weighted by Crippen LogP contribution is -2.43. The smallest absolute Gasteiger partial charge is 0.243 e. The fourth-order valence-electron chi connectivity index (χ4n) is 4.58. The molecule has 0 atom stereocenters. The number of carbonyl (C=O) groups excluding carboxylic acids is 1. The molecule has 1 saturated heterocycles. The minimum absolute atomic E-state index is 0.0311. The molecule has 180 valence electrons. The summed E-state index contributed by atoms with van der Waals surface area (Å²) in [5.41, 5.74) is 5.20. The molecule has 0 saturated carbocycles. The van der Waals surface area contributed by atoms with Crippen LogP contribution in [0.3, 0.4) is 0 Å². The van der Waals surface area contributed by atoms with Crippen molar-refractivity contribution in [2.24, 2.45) is 5.92 Å². The van der Waals surface area contributed by atoms with E-state index in [1.54, 1.807) is 9.21 Å². The second kappa shape index (κ2) is 9.60. The van der Waals surface area contributed by atoms with Gasteiger partial charge in [0.25, 0.3) is 0 Å². The minimum Gasteiger partial charge on any atom is -0.274 e. The summed E-state index contributed by atoms with van der Waals surface area (Å²) >= 11 is 1.44.